The number of hydrogen-bond acceptors (Lipinski definition) is 4. The molecule has 0 unspecified atom stereocenters. The number of rotatable bonds is 2. The van der Waals surface area contributed by atoms with E-state index in [2.05, 4.69) is 10.2 Å². The number of nitrogen functional groups attached to an aromatic ring is 1. The van der Waals surface area contributed by atoms with Crippen LogP contribution in [-0.4, -0.2) is 10.2 Å². The van der Waals surface area contributed by atoms with Crippen molar-refractivity contribution in [3.8, 4) is 11.6 Å². The molecule has 0 radical (unpaired) electrons. The topological polar surface area (TPSA) is 61.0 Å². The maximum atomic E-state index is 12.8. The van der Waals surface area contributed by atoms with Gasteiger partial charge in [0.25, 0.3) is 0 Å². The first-order valence-electron chi connectivity index (χ1n) is 4.37. The Labute approximate surface area is 89.7 Å². The van der Waals surface area contributed by atoms with Crippen LogP contribution in [0.2, 0.25) is 0 Å². The van der Waals surface area contributed by atoms with Crippen LogP contribution < -0.4 is 10.5 Å². The van der Waals surface area contributed by atoms with Crippen molar-refractivity contribution in [3.05, 3.63) is 42.0 Å². The number of benzene rings is 1. The minimum absolute atomic E-state index is 0.137. The molecular formula is C10H7F2N3O. The monoisotopic (exact) mass is 223 g/mol. The van der Waals surface area contributed by atoms with Gasteiger partial charge in [-0.15, -0.1) is 10.2 Å². The quantitative estimate of drug-likeness (QED) is 0.847. The van der Waals surface area contributed by atoms with Crippen LogP contribution >= 0.6 is 0 Å². The largest absolute Gasteiger partial charge is 0.437 e. The first-order valence-corrected chi connectivity index (χ1v) is 4.37. The average Bonchev–Trinajstić information content (AvgIpc) is 2.27. The van der Waals surface area contributed by atoms with E-state index >= 15 is 0 Å². The van der Waals surface area contributed by atoms with Gasteiger partial charge in [0.15, 0.2) is 11.6 Å². The summed E-state index contributed by atoms with van der Waals surface area (Å²) in [5.41, 5.74) is 5.33. The summed E-state index contributed by atoms with van der Waals surface area (Å²) in [7, 11) is 0. The third kappa shape index (κ3) is 2.22. The maximum Gasteiger partial charge on any atom is 0.238 e. The smallest absolute Gasteiger partial charge is 0.238 e. The Morgan fingerprint density at radius 3 is 2.44 bits per heavy atom. The van der Waals surface area contributed by atoms with Gasteiger partial charge in [-0.05, 0) is 18.2 Å². The molecule has 0 aliphatic heterocycles. The molecule has 0 atom stereocenters. The maximum absolute atomic E-state index is 12.8. The molecule has 16 heavy (non-hydrogen) atoms. The Kier molecular flexibility index (Phi) is 2.63. The molecule has 0 aliphatic rings. The van der Waals surface area contributed by atoms with E-state index in [1.54, 1.807) is 0 Å². The second kappa shape index (κ2) is 4.09. The molecular weight excluding hydrogens is 216 g/mol. The van der Waals surface area contributed by atoms with Crippen molar-refractivity contribution in [1.82, 2.24) is 10.2 Å². The van der Waals surface area contributed by atoms with Gasteiger partial charge in [-0.25, -0.2) is 8.78 Å². The molecule has 6 heteroatoms. The summed E-state index contributed by atoms with van der Waals surface area (Å²) >= 11 is 0. The van der Waals surface area contributed by atoms with Crippen LogP contribution in [0.1, 0.15) is 0 Å². The van der Waals surface area contributed by atoms with E-state index in [0.717, 1.165) is 12.1 Å². The lowest BCUT2D eigenvalue weighted by Crippen LogP contribution is -1.95. The molecule has 2 aromatic rings. The summed E-state index contributed by atoms with van der Waals surface area (Å²) < 4.78 is 30.6. The normalized spacial score (nSPS) is 10.1. The minimum Gasteiger partial charge on any atom is -0.437 e. The van der Waals surface area contributed by atoms with E-state index in [1.807, 2.05) is 0 Å². The number of aromatic nitrogens is 2. The van der Waals surface area contributed by atoms with Crippen LogP contribution in [0.15, 0.2) is 30.3 Å². The van der Waals surface area contributed by atoms with Crippen LogP contribution in [0.4, 0.5) is 14.6 Å². The van der Waals surface area contributed by atoms with Gasteiger partial charge in [0.2, 0.25) is 5.88 Å². The van der Waals surface area contributed by atoms with Crippen molar-refractivity contribution in [1.29, 1.82) is 0 Å². The fraction of sp³-hybridized carbons (Fsp3) is 0. The van der Waals surface area contributed by atoms with Crippen LogP contribution in [-0.2, 0) is 0 Å². The SMILES string of the molecule is Nc1ccc(Oc2ccc(F)c(F)c2)nn1. The van der Waals surface area contributed by atoms with Crippen molar-refractivity contribution in [3.63, 3.8) is 0 Å². The Balaban J connectivity index is 2.20. The van der Waals surface area contributed by atoms with E-state index in [-0.39, 0.29) is 17.4 Å². The summed E-state index contributed by atoms with van der Waals surface area (Å²) in [5, 5.41) is 7.16. The van der Waals surface area contributed by atoms with Gasteiger partial charge in [0.1, 0.15) is 11.6 Å². The zero-order chi connectivity index (χ0) is 11.5. The van der Waals surface area contributed by atoms with Crippen LogP contribution in [0.3, 0.4) is 0 Å². The fourth-order valence-corrected chi connectivity index (χ4v) is 1.05. The lowest BCUT2D eigenvalue weighted by atomic mass is 10.3. The van der Waals surface area contributed by atoms with Crippen LogP contribution in [0.25, 0.3) is 0 Å². The Morgan fingerprint density at radius 1 is 1.00 bits per heavy atom. The van der Waals surface area contributed by atoms with Gasteiger partial charge in [-0.3, -0.25) is 0 Å². The van der Waals surface area contributed by atoms with Crippen molar-refractivity contribution in [2.24, 2.45) is 0 Å². The molecule has 1 aromatic carbocycles. The third-order valence-corrected chi connectivity index (χ3v) is 1.77. The summed E-state index contributed by atoms with van der Waals surface area (Å²) in [5.74, 6) is -1.38. The summed E-state index contributed by atoms with van der Waals surface area (Å²) in [4.78, 5) is 0. The summed E-state index contributed by atoms with van der Waals surface area (Å²) in [6.45, 7) is 0. The van der Waals surface area contributed by atoms with Crippen molar-refractivity contribution in [2.75, 3.05) is 5.73 Å². The van der Waals surface area contributed by atoms with Crippen LogP contribution in [0.5, 0.6) is 11.6 Å². The number of ether oxygens (including phenoxy) is 1. The van der Waals surface area contributed by atoms with Gasteiger partial charge >= 0.3 is 0 Å². The van der Waals surface area contributed by atoms with E-state index in [0.29, 0.717) is 0 Å². The van der Waals surface area contributed by atoms with Gasteiger partial charge in [0.05, 0.1) is 0 Å². The van der Waals surface area contributed by atoms with E-state index in [1.165, 1.54) is 18.2 Å². The number of nitrogens with zero attached hydrogens (tertiary/aromatic N) is 2. The van der Waals surface area contributed by atoms with Gasteiger partial charge in [0, 0.05) is 12.1 Å². The third-order valence-electron chi connectivity index (χ3n) is 1.77. The Bertz CT molecular complexity index is 502. The molecule has 82 valence electrons. The van der Waals surface area contributed by atoms with Gasteiger partial charge in [-0.1, -0.05) is 0 Å². The number of nitrogens with two attached hydrogens (primary N) is 1. The molecule has 4 nitrogen and oxygen atoms in total. The molecule has 0 aliphatic carbocycles. The highest BCUT2D eigenvalue weighted by atomic mass is 19.2. The van der Waals surface area contributed by atoms with Crippen molar-refractivity contribution in [2.45, 2.75) is 0 Å². The standard InChI is InChI=1S/C10H7F2N3O/c11-7-2-1-6(5-8(7)12)16-10-4-3-9(13)14-15-10/h1-5H,(H2,13,14). The van der Waals surface area contributed by atoms with E-state index in [9.17, 15) is 8.78 Å². The molecule has 2 N–H and O–H groups in total. The lowest BCUT2D eigenvalue weighted by molar-refractivity contribution is 0.442. The highest BCUT2D eigenvalue weighted by Crippen LogP contribution is 2.21. The van der Waals surface area contributed by atoms with E-state index < -0.39 is 11.6 Å². The number of anilines is 1. The van der Waals surface area contributed by atoms with Crippen LogP contribution in [0, 0.1) is 11.6 Å². The Morgan fingerprint density at radius 2 is 1.81 bits per heavy atom. The minimum atomic E-state index is -0.985. The van der Waals surface area contributed by atoms with E-state index in [4.69, 9.17) is 10.5 Å². The second-order valence-corrected chi connectivity index (χ2v) is 2.97. The molecule has 1 heterocycles. The molecule has 0 saturated carbocycles. The second-order valence-electron chi connectivity index (χ2n) is 2.97. The Hall–Kier alpha value is -2.24. The fourth-order valence-electron chi connectivity index (χ4n) is 1.05. The molecule has 2 rings (SSSR count). The molecule has 0 saturated heterocycles. The first kappa shape index (κ1) is 10.3. The molecule has 0 spiro atoms. The number of halogens is 2. The van der Waals surface area contributed by atoms with Crippen molar-refractivity contribution < 1.29 is 13.5 Å². The van der Waals surface area contributed by atoms with Gasteiger partial charge < -0.3 is 10.5 Å². The molecule has 1 aromatic heterocycles. The highest BCUT2D eigenvalue weighted by Gasteiger charge is 2.05. The predicted octanol–water partition coefficient (Wildman–Crippen LogP) is 2.13. The zero-order valence-corrected chi connectivity index (χ0v) is 8.02. The summed E-state index contributed by atoms with van der Waals surface area (Å²) in [6.07, 6.45) is 0. The lowest BCUT2D eigenvalue weighted by Gasteiger charge is -2.03. The average molecular weight is 223 g/mol. The highest BCUT2D eigenvalue weighted by molar-refractivity contribution is 5.31. The van der Waals surface area contributed by atoms with Gasteiger partial charge in [-0.2, -0.15) is 0 Å². The zero-order valence-electron chi connectivity index (χ0n) is 8.02. The van der Waals surface area contributed by atoms with Crippen molar-refractivity contribution >= 4 is 5.82 Å². The molecule has 0 fully saturated rings. The molecule has 0 bridgehead atoms. The number of hydrogen-bond donors (Lipinski definition) is 1. The molecule has 0 amide bonds. The summed E-state index contributed by atoms with van der Waals surface area (Å²) in [6, 6.07) is 6.14. The first-order chi connectivity index (χ1) is 7.65. The predicted molar refractivity (Wildman–Crippen MR) is 52.9 cm³/mol.